The summed E-state index contributed by atoms with van der Waals surface area (Å²) < 4.78 is 1.55. The van der Waals surface area contributed by atoms with Gasteiger partial charge in [-0.3, -0.25) is 4.79 Å². The van der Waals surface area contributed by atoms with E-state index in [9.17, 15) is 4.79 Å². The Hall–Kier alpha value is -1.32. The van der Waals surface area contributed by atoms with Gasteiger partial charge in [0.15, 0.2) is 5.78 Å². The van der Waals surface area contributed by atoms with Crippen LogP contribution >= 0.6 is 23.2 Å². The minimum Gasteiger partial charge on any atom is -0.294 e. The number of rotatable bonds is 2. The Kier molecular flexibility index (Phi) is 2.99. The topological polar surface area (TPSA) is 34.9 Å². The molecule has 0 saturated carbocycles. The third kappa shape index (κ3) is 2.10. The summed E-state index contributed by atoms with van der Waals surface area (Å²) in [6.07, 6.45) is 3.14. The van der Waals surface area contributed by atoms with Gasteiger partial charge in [0.2, 0.25) is 0 Å². The minimum atomic E-state index is -0.0312. The van der Waals surface area contributed by atoms with Gasteiger partial charge in [0.1, 0.15) is 0 Å². The van der Waals surface area contributed by atoms with E-state index in [1.807, 2.05) is 0 Å². The van der Waals surface area contributed by atoms with Gasteiger partial charge in [0.25, 0.3) is 0 Å². The largest absolute Gasteiger partial charge is 0.294 e. The molecular formula is C11H8Cl2N2O. The highest BCUT2D eigenvalue weighted by Crippen LogP contribution is 2.24. The number of Topliss-reactive ketones (excluding diaryl/α,β-unsaturated/α-hetero) is 1. The third-order valence-electron chi connectivity index (χ3n) is 2.15. The van der Waals surface area contributed by atoms with Crippen LogP contribution in [-0.4, -0.2) is 15.6 Å². The number of benzene rings is 1. The first-order valence-electron chi connectivity index (χ1n) is 4.59. The second kappa shape index (κ2) is 4.28. The average molecular weight is 255 g/mol. The van der Waals surface area contributed by atoms with Crippen molar-refractivity contribution in [2.45, 2.75) is 6.92 Å². The van der Waals surface area contributed by atoms with Crippen molar-refractivity contribution in [3.8, 4) is 5.69 Å². The number of carbonyl (C=O) groups is 1. The zero-order valence-corrected chi connectivity index (χ0v) is 9.96. The van der Waals surface area contributed by atoms with E-state index in [-0.39, 0.29) is 5.78 Å². The molecule has 0 aliphatic carbocycles. The van der Waals surface area contributed by atoms with E-state index in [0.29, 0.717) is 21.3 Å². The quantitative estimate of drug-likeness (QED) is 0.771. The number of carbonyl (C=O) groups excluding carboxylic acids is 1. The zero-order chi connectivity index (χ0) is 11.7. The summed E-state index contributed by atoms with van der Waals surface area (Å²) in [7, 11) is 0. The normalized spacial score (nSPS) is 10.4. The SMILES string of the molecule is CC(=O)c1cnn(-c2ccc(Cl)cc2Cl)c1. The first-order chi connectivity index (χ1) is 7.58. The lowest BCUT2D eigenvalue weighted by atomic mass is 10.2. The number of nitrogens with zero attached hydrogens (tertiary/aromatic N) is 2. The monoisotopic (exact) mass is 254 g/mol. The average Bonchev–Trinajstić information content (AvgIpc) is 2.66. The van der Waals surface area contributed by atoms with Gasteiger partial charge in [0, 0.05) is 11.2 Å². The molecule has 0 amide bonds. The summed E-state index contributed by atoms with van der Waals surface area (Å²) in [5.41, 5.74) is 1.24. The minimum absolute atomic E-state index is 0.0312. The van der Waals surface area contributed by atoms with Gasteiger partial charge in [-0.15, -0.1) is 0 Å². The zero-order valence-electron chi connectivity index (χ0n) is 8.45. The Balaban J connectivity index is 2.46. The van der Waals surface area contributed by atoms with E-state index in [2.05, 4.69) is 5.10 Å². The molecule has 16 heavy (non-hydrogen) atoms. The Labute approximate surface area is 103 Å². The highest BCUT2D eigenvalue weighted by atomic mass is 35.5. The highest BCUT2D eigenvalue weighted by Gasteiger charge is 2.07. The summed E-state index contributed by atoms with van der Waals surface area (Å²) in [4.78, 5) is 11.1. The van der Waals surface area contributed by atoms with Crippen LogP contribution in [0.15, 0.2) is 30.6 Å². The van der Waals surface area contributed by atoms with Gasteiger partial charge in [-0.2, -0.15) is 5.10 Å². The van der Waals surface area contributed by atoms with E-state index in [1.165, 1.54) is 13.1 Å². The molecule has 0 bridgehead atoms. The molecule has 0 fully saturated rings. The Morgan fingerprint density at radius 1 is 1.38 bits per heavy atom. The van der Waals surface area contributed by atoms with Crippen LogP contribution in [0, 0.1) is 0 Å². The molecule has 0 aliphatic heterocycles. The lowest BCUT2D eigenvalue weighted by Crippen LogP contribution is -1.95. The van der Waals surface area contributed by atoms with Crippen LogP contribution in [0.2, 0.25) is 10.0 Å². The van der Waals surface area contributed by atoms with Gasteiger partial charge in [-0.25, -0.2) is 4.68 Å². The van der Waals surface area contributed by atoms with Crippen molar-refractivity contribution in [1.82, 2.24) is 9.78 Å². The molecule has 0 aliphatic rings. The number of hydrogen-bond donors (Lipinski definition) is 0. The lowest BCUT2D eigenvalue weighted by Gasteiger charge is -2.03. The van der Waals surface area contributed by atoms with Crippen LogP contribution in [0.1, 0.15) is 17.3 Å². The van der Waals surface area contributed by atoms with Crippen molar-refractivity contribution >= 4 is 29.0 Å². The Bertz CT molecular complexity index is 549. The van der Waals surface area contributed by atoms with Crippen LogP contribution in [0.25, 0.3) is 5.69 Å². The third-order valence-corrected chi connectivity index (χ3v) is 2.68. The molecule has 0 saturated heterocycles. The van der Waals surface area contributed by atoms with Crippen molar-refractivity contribution in [2.75, 3.05) is 0 Å². The standard InChI is InChI=1S/C11H8Cl2N2O/c1-7(16)8-5-14-15(6-8)11-3-2-9(12)4-10(11)13/h2-6H,1H3. The van der Waals surface area contributed by atoms with Gasteiger partial charge >= 0.3 is 0 Å². The predicted molar refractivity (Wildman–Crippen MR) is 63.6 cm³/mol. The van der Waals surface area contributed by atoms with Gasteiger partial charge in [0.05, 0.1) is 22.5 Å². The summed E-state index contributed by atoms with van der Waals surface area (Å²) in [6, 6.07) is 5.10. The van der Waals surface area contributed by atoms with Crippen molar-refractivity contribution in [2.24, 2.45) is 0 Å². The van der Waals surface area contributed by atoms with E-state index in [1.54, 1.807) is 29.1 Å². The van der Waals surface area contributed by atoms with Crippen molar-refractivity contribution in [3.63, 3.8) is 0 Å². The Morgan fingerprint density at radius 2 is 2.12 bits per heavy atom. The van der Waals surface area contributed by atoms with Crippen molar-refractivity contribution < 1.29 is 4.79 Å². The number of halogens is 2. The molecule has 1 aromatic carbocycles. The first kappa shape index (κ1) is 11.2. The molecule has 0 N–H and O–H groups in total. The molecule has 0 radical (unpaired) electrons. The second-order valence-electron chi connectivity index (χ2n) is 3.33. The second-order valence-corrected chi connectivity index (χ2v) is 4.17. The maximum atomic E-state index is 11.1. The number of aromatic nitrogens is 2. The molecule has 0 unspecified atom stereocenters. The maximum Gasteiger partial charge on any atom is 0.162 e. The molecule has 5 heteroatoms. The van der Waals surface area contributed by atoms with E-state index >= 15 is 0 Å². The van der Waals surface area contributed by atoms with Crippen molar-refractivity contribution in [3.05, 3.63) is 46.2 Å². The lowest BCUT2D eigenvalue weighted by molar-refractivity contribution is 0.101. The van der Waals surface area contributed by atoms with E-state index < -0.39 is 0 Å². The summed E-state index contributed by atoms with van der Waals surface area (Å²) in [5.74, 6) is -0.0312. The smallest absolute Gasteiger partial charge is 0.162 e. The van der Waals surface area contributed by atoms with Crippen LogP contribution in [0.5, 0.6) is 0 Å². The fraction of sp³-hybridized carbons (Fsp3) is 0.0909. The molecule has 0 spiro atoms. The molecular weight excluding hydrogens is 247 g/mol. The van der Waals surface area contributed by atoms with Crippen molar-refractivity contribution in [1.29, 1.82) is 0 Å². The molecule has 3 nitrogen and oxygen atoms in total. The van der Waals surface area contributed by atoms with Crippen LogP contribution in [0.3, 0.4) is 0 Å². The van der Waals surface area contributed by atoms with Crippen LogP contribution in [0.4, 0.5) is 0 Å². The van der Waals surface area contributed by atoms with E-state index in [4.69, 9.17) is 23.2 Å². The number of ketones is 1. The first-order valence-corrected chi connectivity index (χ1v) is 5.34. The summed E-state index contributed by atoms with van der Waals surface area (Å²) in [6.45, 7) is 1.49. The molecule has 1 aromatic heterocycles. The summed E-state index contributed by atoms with van der Waals surface area (Å²) >= 11 is 11.8. The fourth-order valence-corrected chi connectivity index (χ4v) is 1.80. The predicted octanol–water partition coefficient (Wildman–Crippen LogP) is 3.38. The van der Waals surface area contributed by atoms with Gasteiger partial charge in [-0.1, -0.05) is 23.2 Å². The molecule has 1 heterocycles. The van der Waals surface area contributed by atoms with E-state index in [0.717, 1.165) is 0 Å². The molecule has 2 rings (SSSR count). The van der Waals surface area contributed by atoms with Gasteiger partial charge in [-0.05, 0) is 25.1 Å². The molecule has 2 aromatic rings. The van der Waals surface area contributed by atoms with Crippen LogP contribution < -0.4 is 0 Å². The number of hydrogen-bond acceptors (Lipinski definition) is 2. The summed E-state index contributed by atoms with van der Waals surface area (Å²) in [5, 5.41) is 5.12. The fourth-order valence-electron chi connectivity index (χ4n) is 1.30. The highest BCUT2D eigenvalue weighted by molar-refractivity contribution is 6.35. The molecule has 82 valence electrons. The Morgan fingerprint density at radius 3 is 2.69 bits per heavy atom. The van der Waals surface area contributed by atoms with Gasteiger partial charge < -0.3 is 0 Å². The molecule has 0 atom stereocenters. The maximum absolute atomic E-state index is 11.1. The van der Waals surface area contributed by atoms with Crippen LogP contribution in [-0.2, 0) is 0 Å².